The molecule has 0 aliphatic heterocycles. The Morgan fingerprint density at radius 2 is 2.14 bits per heavy atom. The van der Waals surface area contributed by atoms with Crippen LogP contribution >= 0.6 is 10.0 Å². The molecule has 4 aromatic rings. The fraction of sp³-hybridized carbons (Fsp3) is 0.407. The Labute approximate surface area is 218 Å². The van der Waals surface area contributed by atoms with E-state index in [1.54, 1.807) is 13.3 Å². The number of rotatable bonds is 9. The Balaban J connectivity index is 1.44. The van der Waals surface area contributed by atoms with E-state index in [9.17, 15) is 5.26 Å². The van der Waals surface area contributed by atoms with Crippen LogP contribution in [0, 0.1) is 11.3 Å². The first-order valence-electron chi connectivity index (χ1n) is 12.2. The maximum absolute atomic E-state index is 9.45. The van der Waals surface area contributed by atoms with Crippen LogP contribution in [0.25, 0.3) is 22.4 Å². The smallest absolute Gasteiger partial charge is 0.231 e. The maximum Gasteiger partial charge on any atom is 0.231 e. The minimum atomic E-state index is -0.616. The zero-order chi connectivity index (χ0) is 26.0. The third-order valence-electron chi connectivity index (χ3n) is 6.49. The van der Waals surface area contributed by atoms with Gasteiger partial charge in [0.25, 0.3) is 0 Å². The van der Waals surface area contributed by atoms with Crippen LogP contribution in [-0.2, 0) is 17.9 Å². The summed E-state index contributed by atoms with van der Waals surface area (Å²) in [5.74, 6) is 2.03. The number of ether oxygens (including phenoxy) is 2. The van der Waals surface area contributed by atoms with Crippen molar-refractivity contribution in [1.29, 1.82) is 5.26 Å². The highest BCUT2D eigenvalue weighted by molar-refractivity contribution is 8.32. The van der Waals surface area contributed by atoms with E-state index in [0.29, 0.717) is 30.5 Å². The van der Waals surface area contributed by atoms with E-state index in [1.165, 1.54) is 6.39 Å². The minimum absolute atomic E-state index is 0.00912. The number of oxazole rings is 1. The second-order valence-electron chi connectivity index (χ2n) is 10.1. The molecule has 1 N–H and O–H groups in total. The molecule has 1 unspecified atom stereocenters. The van der Waals surface area contributed by atoms with Crippen molar-refractivity contribution in [2.75, 3.05) is 43.6 Å². The molecule has 0 saturated heterocycles. The van der Waals surface area contributed by atoms with E-state index >= 15 is 0 Å². The molecule has 5 rings (SSSR count). The number of pyridine rings is 1. The molecule has 3 heterocycles. The summed E-state index contributed by atoms with van der Waals surface area (Å²) in [6.07, 6.45) is 12.8. The number of fused-ring (bicyclic) bond motifs is 2. The summed E-state index contributed by atoms with van der Waals surface area (Å²) in [5.41, 5.74) is 5.13. The first-order chi connectivity index (χ1) is 17.9. The average Bonchev–Trinajstić information content (AvgIpc) is 3.53. The Morgan fingerprint density at radius 3 is 2.86 bits per heavy atom. The second-order valence-corrected chi connectivity index (χ2v) is 14.7. The van der Waals surface area contributed by atoms with Crippen molar-refractivity contribution in [3.63, 3.8) is 0 Å². The van der Waals surface area contributed by atoms with Gasteiger partial charge < -0.3 is 19.2 Å². The summed E-state index contributed by atoms with van der Waals surface area (Å²) in [4.78, 5) is 8.79. The van der Waals surface area contributed by atoms with Crippen molar-refractivity contribution in [3.8, 4) is 23.4 Å². The molecule has 1 aliphatic carbocycles. The summed E-state index contributed by atoms with van der Waals surface area (Å²) in [6.45, 7) is 1.07. The maximum atomic E-state index is 9.45. The van der Waals surface area contributed by atoms with E-state index in [1.807, 2.05) is 10.7 Å². The van der Waals surface area contributed by atoms with E-state index in [-0.39, 0.29) is 6.04 Å². The lowest BCUT2D eigenvalue weighted by Gasteiger charge is -2.27. The van der Waals surface area contributed by atoms with Crippen molar-refractivity contribution in [2.45, 2.75) is 32.0 Å². The number of nitrogens with zero attached hydrogens (tertiary/aromatic N) is 5. The molecule has 1 aliphatic rings. The number of hydrogen-bond acceptors (Lipinski definition) is 8. The van der Waals surface area contributed by atoms with Gasteiger partial charge in [-0.2, -0.15) is 10.4 Å². The van der Waals surface area contributed by atoms with Gasteiger partial charge in [-0.05, 0) is 67.9 Å². The molecule has 0 fully saturated rings. The Hall–Kier alpha value is -3.55. The van der Waals surface area contributed by atoms with Gasteiger partial charge in [-0.1, -0.05) is 0 Å². The topological polar surface area (TPSA) is 111 Å². The van der Waals surface area contributed by atoms with Gasteiger partial charge in [0.05, 0.1) is 37.2 Å². The molecule has 0 amide bonds. The van der Waals surface area contributed by atoms with Crippen molar-refractivity contribution in [3.05, 3.63) is 53.7 Å². The van der Waals surface area contributed by atoms with Crippen LogP contribution < -0.4 is 10.1 Å². The number of nitrogens with one attached hydrogen (secondary N) is 1. The van der Waals surface area contributed by atoms with Crippen molar-refractivity contribution < 1.29 is 13.9 Å². The summed E-state index contributed by atoms with van der Waals surface area (Å²) in [7, 11) is 0.931. The predicted molar refractivity (Wildman–Crippen MR) is 146 cm³/mol. The number of hydrogen-bond donors (Lipinski definition) is 1. The monoisotopic (exact) mass is 520 g/mol. The lowest BCUT2D eigenvalue weighted by molar-refractivity contribution is 0.0842. The number of aromatic nitrogens is 4. The molecule has 0 spiro atoms. The molecule has 1 aromatic carbocycles. The molecule has 9 nitrogen and oxygen atoms in total. The molecule has 1 atom stereocenters. The van der Waals surface area contributed by atoms with Gasteiger partial charge in [-0.25, -0.2) is 24.7 Å². The number of methoxy groups -OCH3 is 1. The molecular formula is C27H32N6O3S. The SMILES string of the molecule is COc1nc2c(cc1C#N)CCCC2Nc1ccc2c(c1)c(-c1cnco1)nn2COCCS(C)(C)C. The lowest BCUT2D eigenvalue weighted by atomic mass is 9.90. The molecule has 3 aromatic heterocycles. The van der Waals surface area contributed by atoms with Gasteiger partial charge in [0.1, 0.15) is 24.1 Å². The van der Waals surface area contributed by atoms with Gasteiger partial charge in [0.2, 0.25) is 5.88 Å². The Bertz CT molecular complexity index is 1440. The molecule has 10 heteroatoms. The number of nitriles is 1. The summed E-state index contributed by atoms with van der Waals surface area (Å²) >= 11 is 0. The van der Waals surface area contributed by atoms with Gasteiger partial charge >= 0.3 is 0 Å². The van der Waals surface area contributed by atoms with E-state index < -0.39 is 10.0 Å². The average molecular weight is 521 g/mol. The standard InChI is InChI=1S/C27H32N6O3S/c1-34-27-19(14-28)12-18-6-5-7-22(25(18)31-27)30-20-8-9-23-21(13-20)26(24-15-29-16-36-24)32-33(23)17-35-10-11-37(2,3)4/h8-9,12-13,15-16,22,30H,5-7,10-11,17H2,1-4H3. The lowest BCUT2D eigenvalue weighted by Crippen LogP contribution is -2.20. The third kappa shape index (κ3) is 5.43. The van der Waals surface area contributed by atoms with Crippen molar-refractivity contribution in [2.24, 2.45) is 0 Å². The van der Waals surface area contributed by atoms with Crippen LogP contribution in [0.1, 0.15) is 35.7 Å². The second kappa shape index (κ2) is 10.4. The Morgan fingerprint density at radius 1 is 1.27 bits per heavy atom. The van der Waals surface area contributed by atoms with E-state index in [4.69, 9.17) is 24.0 Å². The fourth-order valence-corrected chi connectivity index (χ4v) is 5.22. The van der Waals surface area contributed by atoms with Crippen LogP contribution in [0.15, 0.2) is 41.3 Å². The zero-order valence-corrected chi connectivity index (χ0v) is 22.5. The third-order valence-corrected chi connectivity index (χ3v) is 7.88. The number of benzene rings is 1. The molecular weight excluding hydrogens is 488 g/mol. The molecule has 194 valence electrons. The first-order valence-corrected chi connectivity index (χ1v) is 15.3. The highest BCUT2D eigenvalue weighted by Crippen LogP contribution is 2.36. The largest absolute Gasteiger partial charge is 0.480 e. The van der Waals surface area contributed by atoms with Gasteiger partial charge in [0, 0.05) is 16.8 Å². The first kappa shape index (κ1) is 25.1. The molecule has 0 saturated carbocycles. The van der Waals surface area contributed by atoms with E-state index in [2.05, 4.69) is 53.3 Å². The minimum Gasteiger partial charge on any atom is -0.480 e. The van der Waals surface area contributed by atoms with Crippen molar-refractivity contribution in [1.82, 2.24) is 19.7 Å². The quantitative estimate of drug-likeness (QED) is 0.303. The van der Waals surface area contributed by atoms with Crippen LogP contribution in [0.4, 0.5) is 5.69 Å². The van der Waals surface area contributed by atoms with Crippen LogP contribution in [0.3, 0.4) is 0 Å². The highest BCUT2D eigenvalue weighted by atomic mass is 32.3. The van der Waals surface area contributed by atoms with E-state index in [0.717, 1.165) is 58.6 Å². The number of anilines is 1. The highest BCUT2D eigenvalue weighted by Gasteiger charge is 2.25. The fourth-order valence-electron chi connectivity index (χ4n) is 4.61. The Kier molecular flexibility index (Phi) is 7.09. The zero-order valence-electron chi connectivity index (χ0n) is 21.7. The molecule has 37 heavy (non-hydrogen) atoms. The predicted octanol–water partition coefficient (Wildman–Crippen LogP) is 5.12. The summed E-state index contributed by atoms with van der Waals surface area (Å²) in [5, 5.41) is 18.9. The van der Waals surface area contributed by atoms with Crippen LogP contribution in [0.2, 0.25) is 0 Å². The summed E-state index contributed by atoms with van der Waals surface area (Å²) in [6, 6.07) is 10.3. The molecule has 0 bridgehead atoms. The normalized spacial score (nSPS) is 15.8. The van der Waals surface area contributed by atoms with Crippen LogP contribution in [0.5, 0.6) is 5.88 Å². The van der Waals surface area contributed by atoms with Gasteiger partial charge in [-0.15, -0.1) is 0 Å². The van der Waals surface area contributed by atoms with Crippen molar-refractivity contribution >= 4 is 26.6 Å². The van der Waals surface area contributed by atoms with Gasteiger partial charge in [-0.3, -0.25) is 0 Å². The van der Waals surface area contributed by atoms with Crippen LogP contribution in [-0.4, -0.2) is 58.0 Å². The molecule has 0 radical (unpaired) electrons. The number of aryl methyl sites for hydroxylation is 1. The van der Waals surface area contributed by atoms with Gasteiger partial charge in [0.15, 0.2) is 12.2 Å². The summed E-state index contributed by atoms with van der Waals surface area (Å²) < 4.78 is 18.8.